The average Bonchev–Trinajstić information content (AvgIpc) is 3.04. The summed E-state index contributed by atoms with van der Waals surface area (Å²) in [6, 6.07) is 17.2. The lowest BCUT2D eigenvalue weighted by atomic mass is 10.2. The number of hydrogen-bond acceptors (Lipinski definition) is 4. The van der Waals surface area contributed by atoms with E-state index < -0.39 is 0 Å². The molecule has 4 rings (SSSR count). The molecule has 0 saturated carbocycles. The van der Waals surface area contributed by atoms with Crippen molar-refractivity contribution in [2.75, 3.05) is 0 Å². The van der Waals surface area contributed by atoms with Crippen molar-refractivity contribution in [1.29, 1.82) is 0 Å². The number of nitrogens with zero attached hydrogens (tertiary/aromatic N) is 5. The molecule has 7 heteroatoms. The second kappa shape index (κ2) is 6.49. The third-order valence-corrected chi connectivity index (χ3v) is 4.19. The minimum Gasteiger partial charge on any atom is -0.293 e. The summed E-state index contributed by atoms with van der Waals surface area (Å²) in [4.78, 5) is 17.0. The molecule has 2 aromatic heterocycles. The van der Waals surface area contributed by atoms with Crippen LogP contribution in [-0.4, -0.2) is 24.5 Å². The van der Waals surface area contributed by atoms with Gasteiger partial charge in [-0.15, -0.1) is 5.10 Å². The molecule has 0 aliphatic heterocycles. The predicted molar refractivity (Wildman–Crippen MR) is 95.7 cm³/mol. The van der Waals surface area contributed by atoms with Crippen LogP contribution >= 0.6 is 11.6 Å². The van der Waals surface area contributed by atoms with Gasteiger partial charge in [0.15, 0.2) is 11.2 Å². The van der Waals surface area contributed by atoms with Crippen molar-refractivity contribution in [3.05, 3.63) is 87.4 Å². The van der Waals surface area contributed by atoms with Crippen LogP contribution in [0.3, 0.4) is 0 Å². The molecular formula is C18H14ClN5O. The summed E-state index contributed by atoms with van der Waals surface area (Å²) in [5.41, 5.74) is 2.58. The fraction of sp³-hybridized carbons (Fsp3) is 0.111. The Labute approximate surface area is 148 Å². The lowest BCUT2D eigenvalue weighted by molar-refractivity contribution is 0.663. The summed E-state index contributed by atoms with van der Waals surface area (Å²) in [6.07, 6.45) is 1.54. The van der Waals surface area contributed by atoms with E-state index in [1.807, 2.05) is 54.6 Å². The van der Waals surface area contributed by atoms with Crippen LogP contribution in [0.5, 0.6) is 0 Å². The van der Waals surface area contributed by atoms with Crippen molar-refractivity contribution in [2.45, 2.75) is 13.1 Å². The zero-order valence-electron chi connectivity index (χ0n) is 13.2. The molecule has 25 heavy (non-hydrogen) atoms. The van der Waals surface area contributed by atoms with Gasteiger partial charge in [-0.05, 0) is 23.3 Å². The van der Waals surface area contributed by atoms with Crippen molar-refractivity contribution in [3.63, 3.8) is 0 Å². The highest BCUT2D eigenvalue weighted by Crippen LogP contribution is 2.12. The smallest absolute Gasteiger partial charge is 0.283 e. The zero-order chi connectivity index (χ0) is 17.2. The molecule has 0 unspecified atom stereocenters. The molecule has 0 spiro atoms. The second-order valence-electron chi connectivity index (χ2n) is 5.71. The molecule has 124 valence electrons. The minimum absolute atomic E-state index is 0.198. The number of benzene rings is 2. The molecule has 4 aromatic rings. The molecule has 0 aliphatic carbocycles. The summed E-state index contributed by atoms with van der Waals surface area (Å²) in [5.74, 6) is 0. The fourth-order valence-corrected chi connectivity index (χ4v) is 2.78. The third kappa shape index (κ3) is 3.16. The second-order valence-corrected chi connectivity index (χ2v) is 6.15. The van der Waals surface area contributed by atoms with Crippen LogP contribution in [0, 0.1) is 0 Å². The van der Waals surface area contributed by atoms with Gasteiger partial charge in [0.05, 0.1) is 13.1 Å². The van der Waals surface area contributed by atoms with Gasteiger partial charge in [0, 0.05) is 5.02 Å². The Hall–Kier alpha value is -2.99. The number of rotatable bonds is 4. The van der Waals surface area contributed by atoms with Crippen molar-refractivity contribution in [2.24, 2.45) is 0 Å². The van der Waals surface area contributed by atoms with Gasteiger partial charge in [0.25, 0.3) is 5.56 Å². The van der Waals surface area contributed by atoms with Gasteiger partial charge in [-0.2, -0.15) is 0 Å². The number of halogens is 1. The normalized spacial score (nSPS) is 11.1. The van der Waals surface area contributed by atoms with E-state index in [2.05, 4.69) is 15.3 Å². The summed E-state index contributed by atoms with van der Waals surface area (Å²) in [6.45, 7) is 0.926. The van der Waals surface area contributed by atoms with Gasteiger partial charge >= 0.3 is 0 Å². The van der Waals surface area contributed by atoms with E-state index in [1.54, 1.807) is 15.6 Å². The van der Waals surface area contributed by atoms with Crippen molar-refractivity contribution in [1.82, 2.24) is 24.5 Å². The van der Waals surface area contributed by atoms with Crippen LogP contribution in [0.4, 0.5) is 0 Å². The van der Waals surface area contributed by atoms with Crippen LogP contribution in [0.1, 0.15) is 11.1 Å². The molecule has 0 aliphatic rings. The van der Waals surface area contributed by atoms with Gasteiger partial charge in [-0.1, -0.05) is 59.3 Å². The van der Waals surface area contributed by atoms with Gasteiger partial charge in [0.1, 0.15) is 6.33 Å². The maximum Gasteiger partial charge on any atom is 0.283 e. The maximum absolute atomic E-state index is 12.6. The van der Waals surface area contributed by atoms with Gasteiger partial charge in [0.2, 0.25) is 0 Å². The molecule has 2 heterocycles. The van der Waals surface area contributed by atoms with Crippen LogP contribution in [-0.2, 0) is 13.1 Å². The summed E-state index contributed by atoms with van der Waals surface area (Å²) >= 11 is 5.90. The molecule has 0 saturated heterocycles. The summed E-state index contributed by atoms with van der Waals surface area (Å²) < 4.78 is 3.16. The lowest BCUT2D eigenvalue weighted by Crippen LogP contribution is -2.21. The van der Waals surface area contributed by atoms with E-state index in [0.717, 1.165) is 11.1 Å². The molecule has 6 nitrogen and oxygen atoms in total. The molecule has 0 amide bonds. The van der Waals surface area contributed by atoms with Crippen LogP contribution in [0.15, 0.2) is 65.7 Å². The molecule has 2 aromatic carbocycles. The van der Waals surface area contributed by atoms with Gasteiger partial charge in [-0.25, -0.2) is 9.67 Å². The standard InChI is InChI=1S/C18H14ClN5O/c19-15-8-6-14(7-9-15)11-24-17-16(21-22-24)18(25)23(12-20-17)10-13-4-2-1-3-5-13/h1-9,12H,10-11H2. The summed E-state index contributed by atoms with van der Waals surface area (Å²) in [5, 5.41) is 8.78. The first-order chi connectivity index (χ1) is 12.2. The average molecular weight is 352 g/mol. The monoisotopic (exact) mass is 351 g/mol. The molecule has 0 N–H and O–H groups in total. The number of fused-ring (bicyclic) bond motifs is 1. The Morgan fingerprint density at radius 2 is 1.64 bits per heavy atom. The van der Waals surface area contributed by atoms with Gasteiger partial charge < -0.3 is 0 Å². The van der Waals surface area contributed by atoms with E-state index in [9.17, 15) is 4.79 Å². The van der Waals surface area contributed by atoms with Crippen LogP contribution in [0.25, 0.3) is 11.2 Å². The highest BCUT2D eigenvalue weighted by Gasteiger charge is 2.12. The Morgan fingerprint density at radius 1 is 0.920 bits per heavy atom. The first-order valence-corrected chi connectivity index (χ1v) is 8.15. The largest absolute Gasteiger partial charge is 0.293 e. The number of hydrogen-bond donors (Lipinski definition) is 0. The summed E-state index contributed by atoms with van der Waals surface area (Å²) in [7, 11) is 0. The number of aromatic nitrogens is 5. The van der Waals surface area contributed by atoms with Crippen LogP contribution < -0.4 is 5.56 Å². The molecule has 0 bridgehead atoms. The SMILES string of the molecule is O=c1c2nnn(Cc3ccc(Cl)cc3)c2ncn1Cc1ccccc1. The Bertz CT molecular complexity index is 1070. The van der Waals surface area contributed by atoms with Crippen LogP contribution in [0.2, 0.25) is 5.02 Å². The zero-order valence-corrected chi connectivity index (χ0v) is 14.0. The quantitative estimate of drug-likeness (QED) is 0.567. The van der Waals surface area contributed by atoms with E-state index in [4.69, 9.17) is 11.6 Å². The maximum atomic E-state index is 12.6. The third-order valence-electron chi connectivity index (χ3n) is 3.93. The minimum atomic E-state index is -0.198. The Balaban J connectivity index is 1.67. The highest BCUT2D eigenvalue weighted by atomic mass is 35.5. The molecular weight excluding hydrogens is 338 g/mol. The van der Waals surface area contributed by atoms with E-state index in [-0.39, 0.29) is 11.1 Å². The van der Waals surface area contributed by atoms with E-state index >= 15 is 0 Å². The Morgan fingerprint density at radius 3 is 2.40 bits per heavy atom. The van der Waals surface area contributed by atoms with E-state index in [0.29, 0.717) is 23.8 Å². The molecule has 0 fully saturated rings. The van der Waals surface area contributed by atoms with Gasteiger partial charge in [-0.3, -0.25) is 9.36 Å². The Kier molecular flexibility index (Phi) is 4.03. The molecule has 0 radical (unpaired) electrons. The van der Waals surface area contributed by atoms with Crippen molar-refractivity contribution < 1.29 is 0 Å². The fourth-order valence-electron chi connectivity index (χ4n) is 2.65. The van der Waals surface area contributed by atoms with E-state index in [1.165, 1.54) is 0 Å². The highest BCUT2D eigenvalue weighted by molar-refractivity contribution is 6.30. The molecule has 0 atom stereocenters. The topological polar surface area (TPSA) is 65.6 Å². The lowest BCUT2D eigenvalue weighted by Gasteiger charge is -2.05. The predicted octanol–water partition coefficient (Wildman–Crippen LogP) is 2.74. The first-order valence-electron chi connectivity index (χ1n) is 7.78. The van der Waals surface area contributed by atoms with Crippen molar-refractivity contribution >= 4 is 22.8 Å². The van der Waals surface area contributed by atoms with Crippen molar-refractivity contribution in [3.8, 4) is 0 Å². The first kappa shape index (κ1) is 15.5.